The first-order chi connectivity index (χ1) is 7.65. The molecule has 5 heteroatoms. The van der Waals surface area contributed by atoms with Gasteiger partial charge in [-0.3, -0.25) is 0 Å². The predicted octanol–water partition coefficient (Wildman–Crippen LogP) is -0.737. The van der Waals surface area contributed by atoms with Crippen LogP contribution in [0.15, 0.2) is 23.9 Å². The van der Waals surface area contributed by atoms with Crippen LogP contribution in [0.2, 0.25) is 0 Å². The van der Waals surface area contributed by atoms with Crippen LogP contribution in [0, 0.1) is 5.92 Å². The monoisotopic (exact) mass is 226 g/mol. The number of allylic oxidation sites excluding steroid dienone is 2. The number of hydrogen-bond donors (Lipinski definition) is 4. The van der Waals surface area contributed by atoms with Crippen molar-refractivity contribution in [3.63, 3.8) is 0 Å². The zero-order valence-corrected chi connectivity index (χ0v) is 9.04. The molecule has 5 nitrogen and oxygen atoms in total. The Kier molecular flexibility index (Phi) is 5.18. The molecule has 0 aromatic rings. The van der Waals surface area contributed by atoms with E-state index >= 15 is 0 Å². The van der Waals surface area contributed by atoms with Crippen molar-refractivity contribution in [2.45, 2.75) is 25.1 Å². The summed E-state index contributed by atoms with van der Waals surface area (Å²) in [5.74, 6) is 0.153. The molecular weight excluding hydrogens is 208 g/mol. The molecule has 1 aliphatic carbocycles. The number of hydrogen-bond acceptors (Lipinski definition) is 5. The van der Waals surface area contributed by atoms with Gasteiger partial charge in [-0.15, -0.1) is 0 Å². The summed E-state index contributed by atoms with van der Waals surface area (Å²) >= 11 is 0. The quantitative estimate of drug-likeness (QED) is 0.353. The lowest BCUT2D eigenvalue weighted by molar-refractivity contribution is -0.109. The highest BCUT2D eigenvalue weighted by atomic mass is 16.3. The Balaban J connectivity index is 2.36. The maximum absolute atomic E-state index is 10.3. The van der Waals surface area contributed by atoms with E-state index in [0.717, 1.165) is 12.1 Å². The van der Waals surface area contributed by atoms with E-state index in [-0.39, 0.29) is 18.9 Å². The van der Waals surface area contributed by atoms with E-state index in [1.54, 1.807) is 6.08 Å². The van der Waals surface area contributed by atoms with Gasteiger partial charge in [0.2, 0.25) is 0 Å². The smallest absolute Gasteiger partial charge is 0.136 e. The first-order valence-electron chi connectivity index (χ1n) is 5.30. The number of aliphatic hydroxyl groups excluding tert-OH is 2. The van der Waals surface area contributed by atoms with Crippen molar-refractivity contribution in [2.24, 2.45) is 11.7 Å². The molecular formula is C11H18N2O3. The predicted molar refractivity (Wildman–Crippen MR) is 60.2 cm³/mol. The fraction of sp³-hybridized carbons (Fsp3) is 0.545. The number of aldehydes is 1. The summed E-state index contributed by atoms with van der Waals surface area (Å²) < 4.78 is 0. The Morgan fingerprint density at radius 2 is 2.44 bits per heavy atom. The maximum Gasteiger partial charge on any atom is 0.136 e. The van der Waals surface area contributed by atoms with Crippen molar-refractivity contribution in [1.82, 2.24) is 5.32 Å². The summed E-state index contributed by atoms with van der Waals surface area (Å²) in [5, 5.41) is 21.3. The van der Waals surface area contributed by atoms with Gasteiger partial charge in [0.05, 0.1) is 6.04 Å². The van der Waals surface area contributed by atoms with Gasteiger partial charge in [-0.1, -0.05) is 12.2 Å². The van der Waals surface area contributed by atoms with Gasteiger partial charge in [0, 0.05) is 24.6 Å². The molecule has 0 bridgehead atoms. The van der Waals surface area contributed by atoms with E-state index in [1.165, 1.54) is 0 Å². The molecule has 16 heavy (non-hydrogen) atoms. The van der Waals surface area contributed by atoms with E-state index < -0.39 is 12.3 Å². The number of carbonyl (C=O) groups excluding carboxylic acids is 1. The number of carbonyl (C=O) groups is 1. The van der Waals surface area contributed by atoms with E-state index in [1.807, 2.05) is 12.2 Å². The van der Waals surface area contributed by atoms with Gasteiger partial charge in [0.15, 0.2) is 0 Å². The molecule has 0 saturated heterocycles. The standard InChI is InChI=1S/C11H18N2O3/c12-9(7-15)5-11(16)13-10-3-1-8(6-14)2-4-10/h1,3-4,7-9,11,13-14,16H,2,5-6,12H2. The molecule has 90 valence electrons. The summed E-state index contributed by atoms with van der Waals surface area (Å²) in [6, 6.07) is -0.652. The van der Waals surface area contributed by atoms with Crippen LogP contribution in [0.25, 0.3) is 0 Å². The third kappa shape index (κ3) is 4.14. The van der Waals surface area contributed by atoms with Crippen LogP contribution in [-0.4, -0.2) is 35.4 Å². The Labute approximate surface area is 94.6 Å². The van der Waals surface area contributed by atoms with Crippen LogP contribution < -0.4 is 11.1 Å². The Hall–Kier alpha value is -1.17. The highest BCUT2D eigenvalue weighted by Crippen LogP contribution is 2.14. The van der Waals surface area contributed by atoms with Crippen molar-refractivity contribution in [1.29, 1.82) is 0 Å². The Bertz CT molecular complexity index is 289. The summed E-state index contributed by atoms with van der Waals surface area (Å²) in [6.07, 6.45) is 6.28. The molecule has 5 N–H and O–H groups in total. The molecule has 3 atom stereocenters. The van der Waals surface area contributed by atoms with Crippen molar-refractivity contribution < 1.29 is 15.0 Å². The average molecular weight is 226 g/mol. The second-order valence-electron chi connectivity index (χ2n) is 3.89. The number of nitrogens with two attached hydrogens (primary N) is 1. The maximum atomic E-state index is 10.3. The first-order valence-corrected chi connectivity index (χ1v) is 5.30. The molecule has 0 fully saturated rings. The molecule has 3 unspecified atom stereocenters. The third-order valence-corrected chi connectivity index (χ3v) is 2.43. The van der Waals surface area contributed by atoms with Crippen LogP contribution in [0.4, 0.5) is 0 Å². The fourth-order valence-electron chi connectivity index (χ4n) is 1.47. The Morgan fingerprint density at radius 3 is 2.94 bits per heavy atom. The van der Waals surface area contributed by atoms with Gasteiger partial charge in [-0.25, -0.2) is 0 Å². The summed E-state index contributed by atoms with van der Waals surface area (Å²) in [7, 11) is 0. The van der Waals surface area contributed by atoms with Crippen molar-refractivity contribution in [2.75, 3.05) is 6.61 Å². The molecule has 0 aromatic heterocycles. The van der Waals surface area contributed by atoms with Crippen molar-refractivity contribution in [3.8, 4) is 0 Å². The second-order valence-corrected chi connectivity index (χ2v) is 3.89. The van der Waals surface area contributed by atoms with Crippen LogP contribution in [0.1, 0.15) is 12.8 Å². The van der Waals surface area contributed by atoms with Crippen LogP contribution in [-0.2, 0) is 4.79 Å². The third-order valence-electron chi connectivity index (χ3n) is 2.43. The van der Waals surface area contributed by atoms with Gasteiger partial charge < -0.3 is 26.1 Å². The Morgan fingerprint density at radius 1 is 1.69 bits per heavy atom. The minimum Gasteiger partial charge on any atom is -0.396 e. The molecule has 0 aromatic carbocycles. The molecule has 0 heterocycles. The summed E-state index contributed by atoms with van der Waals surface area (Å²) in [5.41, 5.74) is 6.17. The van der Waals surface area contributed by atoms with Gasteiger partial charge in [0.1, 0.15) is 12.5 Å². The van der Waals surface area contributed by atoms with Gasteiger partial charge in [-0.2, -0.15) is 0 Å². The molecule has 0 saturated carbocycles. The highest BCUT2D eigenvalue weighted by molar-refractivity contribution is 5.56. The van der Waals surface area contributed by atoms with Gasteiger partial charge in [0.25, 0.3) is 0 Å². The summed E-state index contributed by atoms with van der Waals surface area (Å²) in [6.45, 7) is 0.124. The number of aliphatic hydroxyl groups is 2. The first kappa shape index (κ1) is 12.9. The van der Waals surface area contributed by atoms with Crippen LogP contribution in [0.5, 0.6) is 0 Å². The second kappa shape index (κ2) is 6.42. The highest BCUT2D eigenvalue weighted by Gasteiger charge is 2.12. The zero-order chi connectivity index (χ0) is 12.0. The summed E-state index contributed by atoms with van der Waals surface area (Å²) in [4.78, 5) is 10.3. The van der Waals surface area contributed by atoms with Crippen molar-refractivity contribution >= 4 is 6.29 Å². The lowest BCUT2D eigenvalue weighted by Gasteiger charge is -2.19. The van der Waals surface area contributed by atoms with E-state index in [4.69, 9.17) is 10.8 Å². The lowest BCUT2D eigenvalue weighted by Crippen LogP contribution is -2.36. The number of rotatable bonds is 6. The van der Waals surface area contributed by atoms with Crippen molar-refractivity contribution in [3.05, 3.63) is 23.9 Å². The van der Waals surface area contributed by atoms with E-state index in [2.05, 4.69) is 5.32 Å². The molecule has 1 rings (SSSR count). The normalized spacial score (nSPS) is 23.4. The number of nitrogens with one attached hydrogen (secondary N) is 1. The average Bonchev–Trinajstić information content (AvgIpc) is 2.29. The zero-order valence-electron chi connectivity index (χ0n) is 9.04. The lowest BCUT2D eigenvalue weighted by atomic mass is 10.0. The topological polar surface area (TPSA) is 95.6 Å². The largest absolute Gasteiger partial charge is 0.396 e. The van der Waals surface area contributed by atoms with Gasteiger partial charge in [-0.05, 0) is 12.5 Å². The SMILES string of the molecule is NC(C=O)CC(O)NC1=CCC(CO)C=C1. The van der Waals surface area contributed by atoms with Crippen LogP contribution >= 0.6 is 0 Å². The van der Waals surface area contributed by atoms with Gasteiger partial charge >= 0.3 is 0 Å². The molecule has 0 amide bonds. The minimum absolute atomic E-state index is 0.124. The van der Waals surface area contributed by atoms with E-state index in [0.29, 0.717) is 6.29 Å². The molecule has 0 aliphatic heterocycles. The molecule has 0 radical (unpaired) electrons. The fourth-order valence-corrected chi connectivity index (χ4v) is 1.47. The van der Waals surface area contributed by atoms with Crippen LogP contribution in [0.3, 0.4) is 0 Å². The molecule has 1 aliphatic rings. The minimum atomic E-state index is -0.832. The molecule has 0 spiro atoms. The van der Waals surface area contributed by atoms with E-state index in [9.17, 15) is 9.90 Å².